The molecule has 1 unspecified atom stereocenters. The zero-order valence-electron chi connectivity index (χ0n) is 13.3. The number of thiazole rings is 1. The molecule has 1 fully saturated rings. The zero-order valence-corrected chi connectivity index (χ0v) is 14.9. The molecule has 0 spiro atoms. The van der Waals surface area contributed by atoms with E-state index < -0.39 is 0 Å². The molecule has 0 amide bonds. The molecule has 4 heterocycles. The Morgan fingerprint density at radius 2 is 2.36 bits per heavy atom. The van der Waals surface area contributed by atoms with Gasteiger partial charge < -0.3 is 5.32 Å². The Balaban J connectivity index is 1.50. The van der Waals surface area contributed by atoms with Gasteiger partial charge in [-0.2, -0.15) is 0 Å². The molecule has 1 N–H and O–H groups in total. The van der Waals surface area contributed by atoms with Crippen molar-refractivity contribution in [2.45, 2.75) is 33.2 Å². The average Bonchev–Trinajstić information content (AvgIpc) is 3.18. The standard InChI is InChI=1S/C17H23N3S2/c1-12-19-14(9-21-12)16-7-13-8-20(6-3-15(13)22-16)11-17(2)4-5-18-10-17/h7,9,18H,3-6,8,10-11H2,1-2H3. The van der Waals surface area contributed by atoms with E-state index in [0.717, 1.165) is 11.6 Å². The Hall–Kier alpha value is -0.750. The smallest absolute Gasteiger partial charge is 0.0914 e. The first-order chi connectivity index (χ1) is 10.6. The van der Waals surface area contributed by atoms with Crippen molar-refractivity contribution in [1.82, 2.24) is 15.2 Å². The Morgan fingerprint density at radius 3 is 3.09 bits per heavy atom. The second-order valence-corrected chi connectivity index (χ2v) is 9.21. The lowest BCUT2D eigenvalue weighted by Gasteiger charge is -2.34. The van der Waals surface area contributed by atoms with Crippen molar-refractivity contribution in [2.75, 3.05) is 26.2 Å². The number of nitrogens with one attached hydrogen (secondary N) is 1. The summed E-state index contributed by atoms with van der Waals surface area (Å²) in [5.41, 5.74) is 3.16. The van der Waals surface area contributed by atoms with Gasteiger partial charge in [-0.25, -0.2) is 4.98 Å². The molecule has 1 atom stereocenters. The summed E-state index contributed by atoms with van der Waals surface area (Å²) < 4.78 is 0. The fraction of sp³-hybridized carbons (Fsp3) is 0.588. The normalized spacial score (nSPS) is 25.5. The van der Waals surface area contributed by atoms with Gasteiger partial charge in [0.05, 0.1) is 15.6 Å². The topological polar surface area (TPSA) is 28.2 Å². The summed E-state index contributed by atoms with van der Waals surface area (Å²) in [6.45, 7) is 10.4. The fourth-order valence-electron chi connectivity index (χ4n) is 3.67. The van der Waals surface area contributed by atoms with Crippen LogP contribution in [0.15, 0.2) is 11.4 Å². The van der Waals surface area contributed by atoms with Gasteiger partial charge in [0.25, 0.3) is 0 Å². The number of hydrogen-bond donors (Lipinski definition) is 1. The van der Waals surface area contributed by atoms with Gasteiger partial charge >= 0.3 is 0 Å². The quantitative estimate of drug-likeness (QED) is 0.931. The monoisotopic (exact) mass is 333 g/mol. The van der Waals surface area contributed by atoms with Crippen molar-refractivity contribution in [1.29, 1.82) is 0 Å². The van der Waals surface area contributed by atoms with Gasteiger partial charge in [-0.1, -0.05) is 6.92 Å². The number of thiophene rings is 1. The van der Waals surface area contributed by atoms with Gasteiger partial charge in [-0.15, -0.1) is 22.7 Å². The maximum Gasteiger partial charge on any atom is 0.0914 e. The maximum absolute atomic E-state index is 4.64. The highest BCUT2D eigenvalue weighted by atomic mass is 32.1. The van der Waals surface area contributed by atoms with E-state index in [1.807, 2.05) is 11.3 Å². The van der Waals surface area contributed by atoms with E-state index in [1.54, 1.807) is 16.2 Å². The van der Waals surface area contributed by atoms with Crippen molar-refractivity contribution in [3.05, 3.63) is 26.9 Å². The van der Waals surface area contributed by atoms with Crippen LogP contribution in [-0.2, 0) is 13.0 Å². The number of aryl methyl sites for hydroxylation is 1. The first-order valence-corrected chi connectivity index (χ1v) is 9.78. The van der Waals surface area contributed by atoms with Gasteiger partial charge in [0.15, 0.2) is 0 Å². The van der Waals surface area contributed by atoms with Crippen LogP contribution in [0.25, 0.3) is 10.6 Å². The van der Waals surface area contributed by atoms with Gasteiger partial charge in [0.1, 0.15) is 0 Å². The molecular formula is C17H23N3S2. The van der Waals surface area contributed by atoms with E-state index in [1.165, 1.54) is 55.2 Å². The summed E-state index contributed by atoms with van der Waals surface area (Å²) in [5.74, 6) is 0. The predicted molar refractivity (Wildman–Crippen MR) is 94.7 cm³/mol. The van der Waals surface area contributed by atoms with Crippen LogP contribution in [0.2, 0.25) is 0 Å². The van der Waals surface area contributed by atoms with Crippen LogP contribution in [0.4, 0.5) is 0 Å². The minimum Gasteiger partial charge on any atom is -0.316 e. The highest BCUT2D eigenvalue weighted by molar-refractivity contribution is 7.16. The molecule has 3 nitrogen and oxygen atoms in total. The highest BCUT2D eigenvalue weighted by Gasteiger charge is 2.32. The third kappa shape index (κ3) is 2.87. The molecular weight excluding hydrogens is 310 g/mol. The molecule has 1 saturated heterocycles. The van der Waals surface area contributed by atoms with E-state index in [2.05, 4.69) is 40.5 Å². The summed E-state index contributed by atoms with van der Waals surface area (Å²) in [6, 6.07) is 2.38. The lowest BCUT2D eigenvalue weighted by molar-refractivity contribution is 0.165. The molecule has 0 radical (unpaired) electrons. The van der Waals surface area contributed by atoms with E-state index in [4.69, 9.17) is 0 Å². The van der Waals surface area contributed by atoms with Crippen LogP contribution in [0.1, 0.15) is 28.8 Å². The third-order valence-corrected chi connectivity index (χ3v) is 6.91. The fourth-order valence-corrected chi connectivity index (χ4v) is 5.48. The third-order valence-electron chi connectivity index (χ3n) is 4.88. The summed E-state index contributed by atoms with van der Waals surface area (Å²) in [6.07, 6.45) is 2.51. The molecule has 0 bridgehead atoms. The van der Waals surface area contributed by atoms with Crippen molar-refractivity contribution in [2.24, 2.45) is 5.41 Å². The van der Waals surface area contributed by atoms with Gasteiger partial charge in [-0.3, -0.25) is 4.90 Å². The molecule has 2 aliphatic heterocycles. The second-order valence-electron chi connectivity index (χ2n) is 7.01. The zero-order chi connectivity index (χ0) is 15.2. The molecule has 2 aromatic heterocycles. The number of nitrogens with zero attached hydrogens (tertiary/aromatic N) is 2. The molecule has 2 aliphatic rings. The molecule has 0 saturated carbocycles. The first kappa shape index (κ1) is 14.8. The number of fused-ring (bicyclic) bond motifs is 1. The SMILES string of the molecule is Cc1nc(-c2cc3c(s2)CCN(CC2(C)CCNC2)C3)cs1. The molecule has 4 rings (SSSR count). The Labute approximate surface area is 140 Å². The largest absolute Gasteiger partial charge is 0.316 e. The first-order valence-electron chi connectivity index (χ1n) is 8.08. The Morgan fingerprint density at radius 1 is 1.45 bits per heavy atom. The van der Waals surface area contributed by atoms with E-state index in [0.29, 0.717) is 5.41 Å². The summed E-state index contributed by atoms with van der Waals surface area (Å²) in [5, 5.41) is 6.86. The lowest BCUT2D eigenvalue weighted by Crippen LogP contribution is -2.39. The summed E-state index contributed by atoms with van der Waals surface area (Å²) >= 11 is 3.70. The molecule has 5 heteroatoms. The Bertz CT molecular complexity index is 667. The van der Waals surface area contributed by atoms with Crippen molar-refractivity contribution >= 4 is 22.7 Å². The van der Waals surface area contributed by atoms with Crippen molar-refractivity contribution in [3.63, 3.8) is 0 Å². The number of rotatable bonds is 3. The molecule has 118 valence electrons. The number of aromatic nitrogens is 1. The van der Waals surface area contributed by atoms with Gasteiger partial charge in [0.2, 0.25) is 0 Å². The summed E-state index contributed by atoms with van der Waals surface area (Å²) in [7, 11) is 0. The van der Waals surface area contributed by atoms with Crippen molar-refractivity contribution < 1.29 is 0 Å². The maximum atomic E-state index is 4.64. The minimum absolute atomic E-state index is 0.461. The predicted octanol–water partition coefficient (Wildman–Crippen LogP) is 3.54. The molecule has 22 heavy (non-hydrogen) atoms. The minimum atomic E-state index is 0.461. The molecule has 2 aromatic rings. The van der Waals surface area contributed by atoms with Gasteiger partial charge in [0, 0.05) is 36.4 Å². The Kier molecular flexibility index (Phi) is 3.85. The highest BCUT2D eigenvalue weighted by Crippen LogP contribution is 2.36. The van der Waals surface area contributed by atoms with Crippen LogP contribution in [0.5, 0.6) is 0 Å². The van der Waals surface area contributed by atoms with Crippen LogP contribution < -0.4 is 5.32 Å². The van der Waals surface area contributed by atoms with Gasteiger partial charge in [-0.05, 0) is 43.4 Å². The van der Waals surface area contributed by atoms with Crippen LogP contribution >= 0.6 is 22.7 Å². The lowest BCUT2D eigenvalue weighted by atomic mass is 9.88. The molecule has 0 aromatic carbocycles. The van der Waals surface area contributed by atoms with E-state index in [-0.39, 0.29) is 0 Å². The van der Waals surface area contributed by atoms with Crippen molar-refractivity contribution in [3.8, 4) is 10.6 Å². The second kappa shape index (κ2) is 5.71. The van der Waals surface area contributed by atoms with Crippen LogP contribution in [0, 0.1) is 12.3 Å². The van der Waals surface area contributed by atoms with Crippen LogP contribution in [0.3, 0.4) is 0 Å². The number of hydrogen-bond acceptors (Lipinski definition) is 5. The summed E-state index contributed by atoms with van der Waals surface area (Å²) in [4.78, 5) is 10.2. The average molecular weight is 334 g/mol. The van der Waals surface area contributed by atoms with E-state index >= 15 is 0 Å². The van der Waals surface area contributed by atoms with E-state index in [9.17, 15) is 0 Å². The molecule has 0 aliphatic carbocycles. The van der Waals surface area contributed by atoms with Crippen LogP contribution in [-0.4, -0.2) is 36.1 Å².